The van der Waals surface area contributed by atoms with Gasteiger partial charge in [0.05, 0.1) is 16.6 Å². The van der Waals surface area contributed by atoms with Gasteiger partial charge >= 0.3 is 0 Å². The third-order valence-corrected chi connectivity index (χ3v) is 7.12. The molecule has 0 heterocycles. The average Bonchev–Trinajstić information content (AvgIpc) is 2.75. The van der Waals surface area contributed by atoms with Crippen LogP contribution in [-0.2, 0) is 16.4 Å². The van der Waals surface area contributed by atoms with Gasteiger partial charge in [0.15, 0.2) is 0 Å². The van der Waals surface area contributed by atoms with Crippen LogP contribution in [0.15, 0.2) is 71.6 Å². The number of fused-ring (bicyclic) bond motifs is 1. The van der Waals surface area contributed by atoms with Gasteiger partial charge in [-0.3, -0.25) is 9.52 Å². The molecule has 2 N–H and O–H groups in total. The van der Waals surface area contributed by atoms with Crippen molar-refractivity contribution in [2.24, 2.45) is 0 Å². The molecule has 1 aliphatic rings. The molecule has 5 nitrogen and oxygen atoms in total. The Morgan fingerprint density at radius 2 is 1.71 bits per heavy atom. The minimum absolute atomic E-state index is 0.00234. The Morgan fingerprint density at radius 1 is 0.968 bits per heavy atom. The summed E-state index contributed by atoms with van der Waals surface area (Å²) < 4.78 is 28.0. The lowest BCUT2D eigenvalue weighted by molar-refractivity contribution is 0.0932. The van der Waals surface area contributed by atoms with Crippen LogP contribution in [0.25, 0.3) is 0 Å². The summed E-state index contributed by atoms with van der Waals surface area (Å²) in [5.74, 6) is -0.155. The highest BCUT2D eigenvalue weighted by Crippen LogP contribution is 2.30. The van der Waals surface area contributed by atoms with Crippen molar-refractivity contribution >= 4 is 21.6 Å². The molecule has 31 heavy (non-hydrogen) atoms. The summed E-state index contributed by atoms with van der Waals surface area (Å²) >= 11 is 0. The van der Waals surface area contributed by atoms with Crippen LogP contribution in [0, 0.1) is 13.8 Å². The first-order valence-corrected chi connectivity index (χ1v) is 11.9. The van der Waals surface area contributed by atoms with Crippen LogP contribution in [0.3, 0.4) is 0 Å². The Morgan fingerprint density at radius 3 is 2.45 bits per heavy atom. The highest BCUT2D eigenvalue weighted by molar-refractivity contribution is 7.92. The number of amides is 1. The molecule has 0 unspecified atom stereocenters. The molecule has 0 bridgehead atoms. The van der Waals surface area contributed by atoms with Gasteiger partial charge in [-0.05, 0) is 80.1 Å². The Labute approximate surface area is 183 Å². The van der Waals surface area contributed by atoms with E-state index in [9.17, 15) is 13.2 Å². The fourth-order valence-electron chi connectivity index (χ4n) is 3.99. The number of hydrogen-bond donors (Lipinski definition) is 2. The van der Waals surface area contributed by atoms with E-state index in [1.54, 1.807) is 49.4 Å². The predicted molar refractivity (Wildman–Crippen MR) is 123 cm³/mol. The number of aryl methyl sites for hydroxylation is 3. The summed E-state index contributed by atoms with van der Waals surface area (Å²) in [5.41, 5.74) is 5.12. The molecule has 0 spiro atoms. The van der Waals surface area contributed by atoms with Crippen LogP contribution in [-0.4, -0.2) is 14.3 Å². The zero-order valence-corrected chi connectivity index (χ0v) is 18.5. The number of nitrogens with one attached hydrogen (secondary N) is 2. The minimum Gasteiger partial charge on any atom is -0.345 e. The van der Waals surface area contributed by atoms with Crippen LogP contribution < -0.4 is 10.0 Å². The monoisotopic (exact) mass is 434 g/mol. The lowest BCUT2D eigenvalue weighted by Gasteiger charge is -2.26. The average molecular weight is 435 g/mol. The smallest absolute Gasteiger partial charge is 0.261 e. The quantitative estimate of drug-likeness (QED) is 0.599. The largest absolute Gasteiger partial charge is 0.345 e. The lowest BCUT2D eigenvalue weighted by Crippen LogP contribution is -2.31. The molecule has 4 rings (SSSR count). The van der Waals surface area contributed by atoms with Gasteiger partial charge in [-0.1, -0.05) is 42.0 Å². The van der Waals surface area contributed by atoms with Crippen molar-refractivity contribution in [3.05, 3.63) is 94.5 Å². The van der Waals surface area contributed by atoms with E-state index >= 15 is 0 Å². The molecular weight excluding hydrogens is 408 g/mol. The molecular formula is C25H26N2O3S. The van der Waals surface area contributed by atoms with Gasteiger partial charge < -0.3 is 5.32 Å². The minimum atomic E-state index is -3.69. The fraction of sp³-hybridized carbons (Fsp3) is 0.240. The maximum absolute atomic E-state index is 12.9. The van der Waals surface area contributed by atoms with E-state index in [4.69, 9.17) is 0 Å². The lowest BCUT2D eigenvalue weighted by atomic mass is 9.87. The van der Waals surface area contributed by atoms with E-state index in [1.807, 2.05) is 19.1 Å². The Kier molecular flexibility index (Phi) is 5.83. The number of anilines is 1. The first-order chi connectivity index (χ1) is 14.8. The highest BCUT2D eigenvalue weighted by atomic mass is 32.2. The number of sulfonamides is 1. The van der Waals surface area contributed by atoms with Crippen molar-refractivity contribution in [1.82, 2.24) is 5.32 Å². The Balaban J connectivity index is 1.50. The van der Waals surface area contributed by atoms with Gasteiger partial charge in [0.2, 0.25) is 0 Å². The SMILES string of the molecule is Cc1ccc(S(=O)(=O)Nc2ccc(C(=O)N[C@H]3CCCc4ccccc43)cc2C)cc1. The van der Waals surface area contributed by atoms with E-state index in [1.165, 1.54) is 11.1 Å². The normalized spacial score (nSPS) is 15.7. The van der Waals surface area contributed by atoms with Crippen molar-refractivity contribution in [1.29, 1.82) is 0 Å². The number of rotatable bonds is 5. The van der Waals surface area contributed by atoms with Gasteiger partial charge in [0.25, 0.3) is 15.9 Å². The number of hydrogen-bond acceptors (Lipinski definition) is 3. The second-order valence-electron chi connectivity index (χ2n) is 8.07. The molecule has 1 aliphatic carbocycles. The van der Waals surface area contributed by atoms with E-state index in [0.29, 0.717) is 16.8 Å². The molecule has 0 saturated carbocycles. The highest BCUT2D eigenvalue weighted by Gasteiger charge is 2.22. The summed E-state index contributed by atoms with van der Waals surface area (Å²) in [4.78, 5) is 13.1. The fourth-order valence-corrected chi connectivity index (χ4v) is 5.12. The predicted octanol–water partition coefficient (Wildman–Crippen LogP) is 4.91. The molecule has 0 saturated heterocycles. The van der Waals surface area contributed by atoms with Crippen molar-refractivity contribution in [3.8, 4) is 0 Å². The second kappa shape index (κ2) is 8.55. The molecule has 0 radical (unpaired) electrons. The van der Waals surface area contributed by atoms with Crippen molar-refractivity contribution in [2.75, 3.05) is 4.72 Å². The molecule has 0 aliphatic heterocycles. The molecule has 1 atom stereocenters. The zero-order valence-electron chi connectivity index (χ0n) is 17.7. The third-order valence-electron chi connectivity index (χ3n) is 5.74. The molecule has 3 aromatic rings. The van der Waals surface area contributed by atoms with Gasteiger partial charge in [-0.25, -0.2) is 8.42 Å². The third kappa shape index (κ3) is 4.64. The van der Waals surface area contributed by atoms with Gasteiger partial charge in [0, 0.05) is 5.56 Å². The van der Waals surface area contributed by atoms with Crippen LogP contribution in [0.5, 0.6) is 0 Å². The van der Waals surface area contributed by atoms with E-state index in [0.717, 1.165) is 24.8 Å². The van der Waals surface area contributed by atoms with Gasteiger partial charge in [-0.15, -0.1) is 0 Å². The van der Waals surface area contributed by atoms with Crippen molar-refractivity contribution in [2.45, 2.75) is 44.0 Å². The van der Waals surface area contributed by atoms with Crippen LogP contribution >= 0.6 is 0 Å². The summed E-state index contributed by atoms with van der Waals surface area (Å²) in [7, 11) is -3.69. The number of carbonyl (C=O) groups excluding carboxylic acids is 1. The first-order valence-electron chi connectivity index (χ1n) is 10.4. The Hall–Kier alpha value is -3.12. The van der Waals surface area contributed by atoms with Crippen LogP contribution in [0.1, 0.15) is 51.5 Å². The molecule has 3 aromatic carbocycles. The number of benzene rings is 3. The van der Waals surface area contributed by atoms with Crippen LogP contribution in [0.4, 0.5) is 5.69 Å². The van der Waals surface area contributed by atoms with E-state index < -0.39 is 10.0 Å². The summed E-state index contributed by atoms with van der Waals surface area (Å²) in [6.45, 7) is 3.70. The van der Waals surface area contributed by atoms with E-state index in [-0.39, 0.29) is 16.8 Å². The summed E-state index contributed by atoms with van der Waals surface area (Å²) in [5, 5.41) is 3.14. The zero-order chi connectivity index (χ0) is 22.0. The summed E-state index contributed by atoms with van der Waals surface area (Å²) in [6.07, 6.45) is 2.99. The van der Waals surface area contributed by atoms with Crippen molar-refractivity contribution in [3.63, 3.8) is 0 Å². The second-order valence-corrected chi connectivity index (χ2v) is 9.75. The maximum atomic E-state index is 12.9. The first kappa shape index (κ1) is 21.1. The van der Waals surface area contributed by atoms with Gasteiger partial charge in [0.1, 0.15) is 0 Å². The summed E-state index contributed by atoms with van der Waals surface area (Å²) in [6, 6.07) is 19.9. The molecule has 0 fully saturated rings. The molecule has 160 valence electrons. The topological polar surface area (TPSA) is 75.3 Å². The van der Waals surface area contributed by atoms with Crippen molar-refractivity contribution < 1.29 is 13.2 Å². The number of carbonyl (C=O) groups is 1. The van der Waals surface area contributed by atoms with Crippen LogP contribution in [0.2, 0.25) is 0 Å². The van der Waals surface area contributed by atoms with E-state index in [2.05, 4.69) is 22.2 Å². The maximum Gasteiger partial charge on any atom is 0.261 e. The molecule has 6 heteroatoms. The van der Waals surface area contributed by atoms with Gasteiger partial charge in [-0.2, -0.15) is 0 Å². The molecule has 1 amide bonds. The standard InChI is InChI=1S/C25H26N2O3S/c1-17-10-13-21(14-11-17)31(29,30)27-23-15-12-20(16-18(23)2)25(28)26-24-9-5-7-19-6-3-4-8-22(19)24/h3-4,6,8,10-16,24,27H,5,7,9H2,1-2H3,(H,26,28)/t24-/m0/s1. The Bertz CT molecular complexity index is 1220. The molecule has 0 aromatic heterocycles.